The van der Waals surface area contributed by atoms with E-state index in [1.807, 2.05) is 50.2 Å². The van der Waals surface area contributed by atoms with Crippen LogP contribution in [0.4, 0.5) is 0 Å². The molecule has 1 unspecified atom stereocenters. The number of para-hydroxylation sites is 1. The summed E-state index contributed by atoms with van der Waals surface area (Å²) in [5.74, 6) is 0.756. The number of aromatic nitrogens is 2. The van der Waals surface area contributed by atoms with E-state index in [9.17, 15) is 9.59 Å². The number of hydrogen-bond acceptors (Lipinski definition) is 4. The van der Waals surface area contributed by atoms with Crippen molar-refractivity contribution in [3.8, 4) is 5.69 Å². The summed E-state index contributed by atoms with van der Waals surface area (Å²) in [4.78, 5) is 34.1. The molecule has 0 bridgehead atoms. The van der Waals surface area contributed by atoms with Gasteiger partial charge in [-0.05, 0) is 67.9 Å². The third-order valence-electron chi connectivity index (χ3n) is 6.17. The summed E-state index contributed by atoms with van der Waals surface area (Å²) in [5.41, 5.74) is 2.42. The van der Waals surface area contributed by atoms with E-state index < -0.39 is 6.04 Å². The highest BCUT2D eigenvalue weighted by Gasteiger charge is 2.29. The molecule has 5 rings (SSSR count). The normalized spacial score (nSPS) is 12.0. The molecule has 0 aliphatic carbocycles. The zero-order chi connectivity index (χ0) is 25.2. The highest BCUT2D eigenvalue weighted by atomic mass is 35.5. The lowest BCUT2D eigenvalue weighted by Gasteiger charge is -2.30. The zero-order valence-corrected chi connectivity index (χ0v) is 20.6. The average Bonchev–Trinajstić information content (AvgIpc) is 3.40. The van der Waals surface area contributed by atoms with E-state index >= 15 is 0 Å². The van der Waals surface area contributed by atoms with Gasteiger partial charge in [-0.3, -0.25) is 14.2 Å². The monoisotopic (exact) mass is 497 g/mol. The molecule has 7 heteroatoms. The van der Waals surface area contributed by atoms with E-state index in [4.69, 9.17) is 21.0 Å². The Bertz CT molecular complexity index is 1610. The number of halogens is 1. The number of nitrogens with zero attached hydrogens (tertiary/aromatic N) is 3. The van der Waals surface area contributed by atoms with Gasteiger partial charge in [-0.2, -0.15) is 0 Å². The topological polar surface area (TPSA) is 68.3 Å². The van der Waals surface area contributed by atoms with Crippen LogP contribution in [0.1, 0.15) is 40.5 Å². The van der Waals surface area contributed by atoms with Crippen LogP contribution in [-0.2, 0) is 6.54 Å². The van der Waals surface area contributed by atoms with E-state index in [0.29, 0.717) is 38.8 Å². The van der Waals surface area contributed by atoms with Crippen molar-refractivity contribution in [2.45, 2.75) is 26.4 Å². The van der Waals surface area contributed by atoms with E-state index in [2.05, 4.69) is 0 Å². The Balaban J connectivity index is 1.72. The number of furan rings is 1. The lowest BCUT2D eigenvalue weighted by molar-refractivity contribution is 0.0648. The Hall–Kier alpha value is -4.16. The number of benzene rings is 3. The third-order valence-corrected chi connectivity index (χ3v) is 6.50. The first-order valence-corrected chi connectivity index (χ1v) is 12.0. The lowest BCUT2D eigenvalue weighted by Crippen LogP contribution is -2.37. The Morgan fingerprint density at radius 2 is 1.81 bits per heavy atom. The minimum absolute atomic E-state index is 0.175. The van der Waals surface area contributed by atoms with Gasteiger partial charge in [0.1, 0.15) is 11.6 Å². The molecule has 36 heavy (non-hydrogen) atoms. The van der Waals surface area contributed by atoms with E-state index in [1.54, 1.807) is 64.3 Å². The number of aryl methyl sites for hydroxylation is 1. The molecule has 5 aromatic rings. The fourth-order valence-corrected chi connectivity index (χ4v) is 4.55. The minimum atomic E-state index is -0.600. The molecular formula is C29H24ClN3O3. The third kappa shape index (κ3) is 4.43. The van der Waals surface area contributed by atoms with Gasteiger partial charge in [-0.1, -0.05) is 48.0 Å². The van der Waals surface area contributed by atoms with Gasteiger partial charge < -0.3 is 9.32 Å². The largest absolute Gasteiger partial charge is 0.467 e. The molecule has 1 amide bonds. The number of carbonyl (C=O) groups excluding carboxylic acids is 1. The summed E-state index contributed by atoms with van der Waals surface area (Å²) in [5, 5.41) is 0.853. The maximum absolute atomic E-state index is 13.8. The van der Waals surface area contributed by atoms with Gasteiger partial charge in [0.05, 0.1) is 46.0 Å². The highest BCUT2D eigenvalue weighted by molar-refractivity contribution is 6.33. The molecule has 0 saturated carbocycles. The Labute approximate surface area is 213 Å². The zero-order valence-electron chi connectivity index (χ0n) is 19.9. The number of rotatable bonds is 6. The number of amides is 1. The molecule has 3 aromatic carbocycles. The molecule has 0 N–H and O–H groups in total. The standard InChI is InChI=1S/C29H24ClN3O3/c1-19-9-7-10-21(17-19)33-27(31-26-15-6-4-13-24(26)29(33)35)20(2)32(18-22-11-8-16-36-22)28(34)23-12-3-5-14-25(23)30/h3-17,20H,18H2,1-2H3. The van der Waals surface area contributed by atoms with Gasteiger partial charge in [-0.15, -0.1) is 0 Å². The number of hydrogen-bond donors (Lipinski definition) is 0. The van der Waals surface area contributed by atoms with Crippen molar-refractivity contribution >= 4 is 28.4 Å². The molecule has 0 radical (unpaired) electrons. The predicted octanol–water partition coefficient (Wildman–Crippen LogP) is 6.34. The molecule has 2 heterocycles. The maximum Gasteiger partial charge on any atom is 0.266 e. The quantitative estimate of drug-likeness (QED) is 0.274. The minimum Gasteiger partial charge on any atom is -0.467 e. The number of carbonyl (C=O) groups is 1. The molecule has 0 aliphatic heterocycles. The summed E-state index contributed by atoms with van der Waals surface area (Å²) < 4.78 is 7.17. The van der Waals surface area contributed by atoms with Crippen molar-refractivity contribution in [3.63, 3.8) is 0 Å². The van der Waals surface area contributed by atoms with Crippen molar-refractivity contribution in [2.24, 2.45) is 0 Å². The van der Waals surface area contributed by atoms with Crippen molar-refractivity contribution in [1.82, 2.24) is 14.5 Å². The molecular weight excluding hydrogens is 474 g/mol. The molecule has 0 fully saturated rings. The van der Waals surface area contributed by atoms with Crippen LogP contribution in [0, 0.1) is 6.92 Å². The van der Waals surface area contributed by atoms with Crippen LogP contribution in [0.15, 0.2) is 100 Å². The molecule has 6 nitrogen and oxygen atoms in total. The van der Waals surface area contributed by atoms with Gasteiger partial charge >= 0.3 is 0 Å². The predicted molar refractivity (Wildman–Crippen MR) is 141 cm³/mol. The summed E-state index contributed by atoms with van der Waals surface area (Å²) in [6, 6.07) is 24.8. The van der Waals surface area contributed by atoms with E-state index in [0.717, 1.165) is 5.56 Å². The molecule has 2 aromatic heterocycles. The maximum atomic E-state index is 13.8. The summed E-state index contributed by atoms with van der Waals surface area (Å²) in [6.07, 6.45) is 1.56. The van der Waals surface area contributed by atoms with Crippen LogP contribution in [-0.4, -0.2) is 20.4 Å². The van der Waals surface area contributed by atoms with Crippen molar-refractivity contribution in [3.05, 3.63) is 129 Å². The lowest BCUT2D eigenvalue weighted by atomic mass is 10.1. The second-order valence-corrected chi connectivity index (χ2v) is 9.04. The summed E-state index contributed by atoms with van der Waals surface area (Å²) in [6.45, 7) is 4.01. The van der Waals surface area contributed by atoms with Crippen LogP contribution in [0.3, 0.4) is 0 Å². The highest BCUT2D eigenvalue weighted by Crippen LogP contribution is 2.28. The summed E-state index contributed by atoms with van der Waals surface area (Å²) in [7, 11) is 0. The second-order valence-electron chi connectivity index (χ2n) is 8.63. The van der Waals surface area contributed by atoms with E-state index in [1.165, 1.54) is 0 Å². The van der Waals surface area contributed by atoms with Crippen molar-refractivity contribution < 1.29 is 9.21 Å². The molecule has 0 saturated heterocycles. The van der Waals surface area contributed by atoms with Gasteiger partial charge in [0.25, 0.3) is 11.5 Å². The van der Waals surface area contributed by atoms with Crippen LogP contribution >= 0.6 is 11.6 Å². The van der Waals surface area contributed by atoms with Gasteiger partial charge in [0.15, 0.2) is 0 Å². The second kappa shape index (κ2) is 9.84. The first-order valence-electron chi connectivity index (χ1n) is 11.6. The SMILES string of the molecule is Cc1cccc(-n2c(C(C)N(Cc3ccco3)C(=O)c3ccccc3Cl)nc3ccccc3c2=O)c1. The van der Waals surface area contributed by atoms with Gasteiger partial charge in [0, 0.05) is 0 Å². The average molecular weight is 498 g/mol. The van der Waals surface area contributed by atoms with Gasteiger partial charge in [0.2, 0.25) is 0 Å². The van der Waals surface area contributed by atoms with Crippen LogP contribution in [0.5, 0.6) is 0 Å². The van der Waals surface area contributed by atoms with Gasteiger partial charge in [-0.25, -0.2) is 4.98 Å². The van der Waals surface area contributed by atoms with Crippen molar-refractivity contribution in [2.75, 3.05) is 0 Å². The molecule has 0 aliphatic rings. The summed E-state index contributed by atoms with van der Waals surface area (Å²) >= 11 is 6.40. The Kier molecular flexibility index (Phi) is 6.44. The first-order chi connectivity index (χ1) is 17.4. The smallest absolute Gasteiger partial charge is 0.266 e. The van der Waals surface area contributed by atoms with Crippen LogP contribution in [0.25, 0.3) is 16.6 Å². The molecule has 0 spiro atoms. The van der Waals surface area contributed by atoms with Crippen LogP contribution in [0.2, 0.25) is 5.02 Å². The number of fused-ring (bicyclic) bond motifs is 1. The fourth-order valence-electron chi connectivity index (χ4n) is 4.33. The Morgan fingerprint density at radius 1 is 1.03 bits per heavy atom. The van der Waals surface area contributed by atoms with E-state index in [-0.39, 0.29) is 18.0 Å². The first kappa shape index (κ1) is 23.6. The van der Waals surface area contributed by atoms with Crippen LogP contribution < -0.4 is 5.56 Å². The Morgan fingerprint density at radius 3 is 2.56 bits per heavy atom. The van der Waals surface area contributed by atoms with Crippen molar-refractivity contribution in [1.29, 1.82) is 0 Å². The fraction of sp³-hybridized carbons (Fsp3) is 0.138. The molecule has 1 atom stereocenters. The molecule has 180 valence electrons.